The highest BCUT2D eigenvalue weighted by Gasteiger charge is 2.21. The summed E-state index contributed by atoms with van der Waals surface area (Å²) in [5.74, 6) is 1.71. The first-order valence-electron chi connectivity index (χ1n) is 6.48. The lowest BCUT2D eigenvalue weighted by atomic mass is 10.0. The zero-order chi connectivity index (χ0) is 13.9. The van der Waals surface area contributed by atoms with Crippen LogP contribution in [0.15, 0.2) is 42.6 Å². The van der Waals surface area contributed by atoms with Gasteiger partial charge in [0.25, 0.3) is 0 Å². The van der Waals surface area contributed by atoms with Crippen LogP contribution < -0.4 is 15.8 Å². The number of para-hydroxylation sites is 1. The van der Waals surface area contributed by atoms with E-state index in [2.05, 4.69) is 16.4 Å². The first-order chi connectivity index (χ1) is 9.74. The standard InChI is InChI=1S/C15H15N3OS/c16-15(20)10-5-7-17-14(9-10)18-12-6-8-19-13-4-2-1-3-11(12)13/h1-5,7,9,12H,6,8H2,(H2,16,20)(H,17,18). The molecule has 1 atom stereocenters. The predicted octanol–water partition coefficient (Wildman–Crippen LogP) is 2.65. The van der Waals surface area contributed by atoms with E-state index in [9.17, 15) is 0 Å². The minimum absolute atomic E-state index is 0.189. The lowest BCUT2D eigenvalue weighted by molar-refractivity contribution is 0.274. The van der Waals surface area contributed by atoms with Crippen LogP contribution in [0.2, 0.25) is 0 Å². The van der Waals surface area contributed by atoms with Gasteiger partial charge in [0, 0.05) is 23.7 Å². The van der Waals surface area contributed by atoms with Crippen molar-refractivity contribution < 1.29 is 4.74 Å². The first kappa shape index (κ1) is 12.9. The summed E-state index contributed by atoms with van der Waals surface area (Å²) >= 11 is 4.99. The highest BCUT2D eigenvalue weighted by atomic mass is 32.1. The van der Waals surface area contributed by atoms with Crippen molar-refractivity contribution in [3.8, 4) is 5.75 Å². The number of hydrogen-bond donors (Lipinski definition) is 2. The van der Waals surface area contributed by atoms with Crippen molar-refractivity contribution in [1.82, 2.24) is 4.98 Å². The SMILES string of the molecule is NC(=S)c1ccnc(NC2CCOc3ccccc32)c1. The fraction of sp³-hybridized carbons (Fsp3) is 0.200. The summed E-state index contributed by atoms with van der Waals surface area (Å²) in [5.41, 5.74) is 7.62. The lowest BCUT2D eigenvalue weighted by Crippen LogP contribution is -2.21. The number of aromatic nitrogens is 1. The van der Waals surface area contributed by atoms with Crippen molar-refractivity contribution >= 4 is 23.0 Å². The molecule has 102 valence electrons. The second kappa shape index (κ2) is 5.46. The minimum atomic E-state index is 0.189. The number of fused-ring (bicyclic) bond motifs is 1. The highest BCUT2D eigenvalue weighted by molar-refractivity contribution is 7.80. The zero-order valence-electron chi connectivity index (χ0n) is 10.9. The van der Waals surface area contributed by atoms with Gasteiger partial charge in [0.05, 0.1) is 12.6 Å². The van der Waals surface area contributed by atoms with E-state index >= 15 is 0 Å². The average Bonchev–Trinajstić information content (AvgIpc) is 2.48. The summed E-state index contributed by atoms with van der Waals surface area (Å²) in [6.45, 7) is 0.698. The molecule has 1 aromatic heterocycles. The van der Waals surface area contributed by atoms with Crippen LogP contribution in [0.4, 0.5) is 5.82 Å². The van der Waals surface area contributed by atoms with Crippen LogP contribution in [0, 0.1) is 0 Å². The Labute approximate surface area is 123 Å². The van der Waals surface area contributed by atoms with Crippen LogP contribution in [-0.2, 0) is 0 Å². The summed E-state index contributed by atoms with van der Waals surface area (Å²) in [7, 11) is 0. The number of pyridine rings is 1. The largest absolute Gasteiger partial charge is 0.493 e. The Kier molecular flexibility index (Phi) is 3.52. The number of nitrogens with two attached hydrogens (primary N) is 1. The molecule has 1 aliphatic heterocycles. The van der Waals surface area contributed by atoms with Gasteiger partial charge in [-0.1, -0.05) is 30.4 Å². The number of anilines is 1. The number of benzene rings is 1. The third-order valence-electron chi connectivity index (χ3n) is 3.33. The van der Waals surface area contributed by atoms with E-state index in [4.69, 9.17) is 22.7 Å². The van der Waals surface area contributed by atoms with Crippen molar-refractivity contribution in [2.45, 2.75) is 12.5 Å². The summed E-state index contributed by atoms with van der Waals surface area (Å²) in [5, 5.41) is 3.43. The zero-order valence-corrected chi connectivity index (χ0v) is 11.7. The van der Waals surface area contributed by atoms with Gasteiger partial charge in [0.2, 0.25) is 0 Å². The molecule has 4 nitrogen and oxygen atoms in total. The molecule has 20 heavy (non-hydrogen) atoms. The second-order valence-corrected chi connectivity index (χ2v) is 5.11. The van der Waals surface area contributed by atoms with Crippen molar-refractivity contribution in [3.63, 3.8) is 0 Å². The van der Waals surface area contributed by atoms with Gasteiger partial charge < -0.3 is 15.8 Å². The van der Waals surface area contributed by atoms with E-state index in [-0.39, 0.29) is 6.04 Å². The number of nitrogens with zero attached hydrogens (tertiary/aromatic N) is 1. The van der Waals surface area contributed by atoms with Gasteiger partial charge in [0.1, 0.15) is 16.6 Å². The number of ether oxygens (including phenoxy) is 1. The van der Waals surface area contributed by atoms with E-state index in [0.29, 0.717) is 11.6 Å². The maximum absolute atomic E-state index is 5.65. The molecule has 3 N–H and O–H groups in total. The Balaban J connectivity index is 1.85. The van der Waals surface area contributed by atoms with E-state index < -0.39 is 0 Å². The van der Waals surface area contributed by atoms with Crippen LogP contribution in [0.1, 0.15) is 23.6 Å². The van der Waals surface area contributed by atoms with Crippen molar-refractivity contribution in [1.29, 1.82) is 0 Å². The van der Waals surface area contributed by atoms with Crippen LogP contribution in [0.25, 0.3) is 0 Å². The van der Waals surface area contributed by atoms with Crippen molar-refractivity contribution in [2.24, 2.45) is 5.73 Å². The lowest BCUT2D eigenvalue weighted by Gasteiger charge is -2.27. The monoisotopic (exact) mass is 285 g/mol. The van der Waals surface area contributed by atoms with E-state index in [1.165, 1.54) is 0 Å². The molecule has 3 rings (SSSR count). The maximum Gasteiger partial charge on any atom is 0.127 e. The quantitative estimate of drug-likeness (QED) is 0.849. The summed E-state index contributed by atoms with van der Waals surface area (Å²) in [6.07, 6.45) is 2.61. The first-order valence-corrected chi connectivity index (χ1v) is 6.89. The molecule has 0 fully saturated rings. The van der Waals surface area contributed by atoms with E-state index in [1.54, 1.807) is 6.20 Å². The van der Waals surface area contributed by atoms with Gasteiger partial charge in [-0.3, -0.25) is 0 Å². The van der Waals surface area contributed by atoms with Crippen LogP contribution in [0.5, 0.6) is 5.75 Å². The Morgan fingerprint density at radius 3 is 3.05 bits per heavy atom. The normalized spacial score (nSPS) is 16.9. The molecule has 1 aromatic carbocycles. The Morgan fingerprint density at radius 2 is 2.20 bits per heavy atom. The smallest absolute Gasteiger partial charge is 0.127 e. The number of thiocarbonyl (C=S) groups is 1. The molecule has 0 bridgehead atoms. The van der Waals surface area contributed by atoms with Gasteiger partial charge in [-0.15, -0.1) is 0 Å². The van der Waals surface area contributed by atoms with E-state index in [1.807, 2.05) is 30.3 Å². The topological polar surface area (TPSA) is 60.2 Å². The van der Waals surface area contributed by atoms with Gasteiger partial charge in [-0.05, 0) is 18.2 Å². The van der Waals surface area contributed by atoms with Gasteiger partial charge in [-0.25, -0.2) is 4.98 Å². The van der Waals surface area contributed by atoms with Gasteiger partial charge >= 0.3 is 0 Å². The molecular weight excluding hydrogens is 270 g/mol. The molecule has 0 saturated carbocycles. The summed E-state index contributed by atoms with van der Waals surface area (Å²) in [4.78, 5) is 4.70. The Hall–Kier alpha value is -2.14. The van der Waals surface area contributed by atoms with Crippen molar-refractivity contribution in [3.05, 3.63) is 53.7 Å². The second-order valence-electron chi connectivity index (χ2n) is 4.67. The summed E-state index contributed by atoms with van der Waals surface area (Å²) in [6, 6.07) is 11.9. The maximum atomic E-state index is 5.65. The molecular formula is C15H15N3OS. The molecule has 0 saturated heterocycles. The fourth-order valence-corrected chi connectivity index (χ4v) is 2.46. The Morgan fingerprint density at radius 1 is 1.35 bits per heavy atom. The van der Waals surface area contributed by atoms with Crippen LogP contribution in [0.3, 0.4) is 0 Å². The van der Waals surface area contributed by atoms with Gasteiger partial charge in [-0.2, -0.15) is 0 Å². The molecule has 2 aromatic rings. The third kappa shape index (κ3) is 2.58. The fourth-order valence-electron chi connectivity index (χ4n) is 2.33. The molecule has 0 radical (unpaired) electrons. The molecule has 1 unspecified atom stereocenters. The molecule has 0 spiro atoms. The predicted molar refractivity (Wildman–Crippen MR) is 83.0 cm³/mol. The van der Waals surface area contributed by atoms with Crippen LogP contribution >= 0.6 is 12.2 Å². The average molecular weight is 285 g/mol. The summed E-state index contributed by atoms with van der Waals surface area (Å²) < 4.78 is 5.65. The molecule has 2 heterocycles. The number of rotatable bonds is 3. The molecule has 1 aliphatic rings. The molecule has 0 amide bonds. The van der Waals surface area contributed by atoms with Gasteiger partial charge in [0.15, 0.2) is 0 Å². The number of hydrogen-bond acceptors (Lipinski definition) is 4. The Bertz CT molecular complexity index is 645. The molecule has 5 heteroatoms. The van der Waals surface area contributed by atoms with Crippen molar-refractivity contribution in [2.75, 3.05) is 11.9 Å². The third-order valence-corrected chi connectivity index (χ3v) is 3.56. The van der Waals surface area contributed by atoms with E-state index in [0.717, 1.165) is 29.1 Å². The highest BCUT2D eigenvalue weighted by Crippen LogP contribution is 2.33. The number of nitrogens with one attached hydrogen (secondary N) is 1. The minimum Gasteiger partial charge on any atom is -0.493 e. The molecule has 0 aliphatic carbocycles. The van der Waals surface area contributed by atoms with Crippen LogP contribution in [-0.4, -0.2) is 16.6 Å².